The van der Waals surface area contributed by atoms with E-state index in [1.165, 1.54) is 6.20 Å². The minimum absolute atomic E-state index is 0.109. The number of anilines is 1. The van der Waals surface area contributed by atoms with Crippen LogP contribution in [0, 0.1) is 14.9 Å². The Balaban J connectivity index is 3.20. The predicted octanol–water partition coefficient (Wildman–Crippen LogP) is 0.535. The zero-order chi connectivity index (χ0) is 7.56. The van der Waals surface area contributed by atoms with Crippen molar-refractivity contribution in [1.82, 2.24) is 9.97 Å². The molecule has 0 radical (unpaired) electrons. The molecular weight excluding hydrogens is 243 g/mol. The summed E-state index contributed by atoms with van der Waals surface area (Å²) < 4.78 is 0.761. The lowest BCUT2D eigenvalue weighted by molar-refractivity contribution is 1.11. The van der Waals surface area contributed by atoms with Crippen molar-refractivity contribution in [1.29, 1.82) is 5.26 Å². The molecule has 1 aromatic rings. The Kier molecular flexibility index (Phi) is 2.01. The minimum Gasteiger partial charge on any atom is -0.383 e. The first-order valence-corrected chi connectivity index (χ1v) is 3.50. The Labute approximate surface area is 71.2 Å². The van der Waals surface area contributed by atoms with Gasteiger partial charge in [-0.3, -0.25) is 0 Å². The molecule has 0 aliphatic rings. The highest BCUT2D eigenvalue weighted by Crippen LogP contribution is 2.08. The van der Waals surface area contributed by atoms with Crippen LogP contribution in [0.4, 0.5) is 5.82 Å². The largest absolute Gasteiger partial charge is 0.383 e. The smallest absolute Gasteiger partial charge is 0.234 e. The summed E-state index contributed by atoms with van der Waals surface area (Å²) in [5.41, 5.74) is 5.39. The van der Waals surface area contributed by atoms with Gasteiger partial charge in [-0.05, 0) is 22.6 Å². The molecule has 4 nitrogen and oxygen atoms in total. The van der Waals surface area contributed by atoms with Crippen molar-refractivity contribution in [3.63, 3.8) is 0 Å². The summed E-state index contributed by atoms with van der Waals surface area (Å²) in [4.78, 5) is 7.39. The number of rotatable bonds is 0. The molecule has 0 aromatic carbocycles. The zero-order valence-corrected chi connectivity index (χ0v) is 7.03. The van der Waals surface area contributed by atoms with E-state index in [-0.39, 0.29) is 5.82 Å². The van der Waals surface area contributed by atoms with E-state index in [4.69, 9.17) is 11.0 Å². The molecule has 0 spiro atoms. The minimum atomic E-state index is 0.109. The fourth-order valence-electron chi connectivity index (χ4n) is 0.434. The lowest BCUT2D eigenvalue weighted by atomic mass is 10.5. The summed E-state index contributed by atoms with van der Waals surface area (Å²) in [6.07, 6.45) is 1.52. The van der Waals surface area contributed by atoms with Crippen molar-refractivity contribution in [2.75, 3.05) is 5.73 Å². The summed E-state index contributed by atoms with van der Waals surface area (Å²) in [5, 5.41) is 8.32. The molecule has 0 unspecified atom stereocenters. The lowest BCUT2D eigenvalue weighted by Gasteiger charge is -1.93. The Morgan fingerprint density at radius 1 is 1.70 bits per heavy atom. The molecule has 0 aliphatic carbocycles. The molecule has 0 fully saturated rings. The molecule has 0 saturated carbocycles. The molecule has 10 heavy (non-hydrogen) atoms. The maximum Gasteiger partial charge on any atom is 0.234 e. The van der Waals surface area contributed by atoms with Crippen LogP contribution in [0.5, 0.6) is 0 Å². The van der Waals surface area contributed by atoms with Crippen molar-refractivity contribution in [3.8, 4) is 6.07 Å². The molecule has 1 rings (SSSR count). The van der Waals surface area contributed by atoms with Crippen molar-refractivity contribution in [3.05, 3.63) is 15.6 Å². The number of aromatic nitrogens is 2. The second-order valence-electron chi connectivity index (χ2n) is 1.54. The van der Waals surface area contributed by atoms with E-state index in [9.17, 15) is 0 Å². The Morgan fingerprint density at radius 3 is 2.90 bits per heavy atom. The van der Waals surface area contributed by atoms with Crippen LogP contribution < -0.4 is 5.73 Å². The van der Waals surface area contributed by atoms with Crippen LogP contribution in [0.3, 0.4) is 0 Å². The van der Waals surface area contributed by atoms with Crippen molar-refractivity contribution in [2.45, 2.75) is 0 Å². The Hall–Kier alpha value is -0.900. The van der Waals surface area contributed by atoms with Crippen LogP contribution in [0.25, 0.3) is 0 Å². The van der Waals surface area contributed by atoms with Crippen LogP contribution in [0.15, 0.2) is 6.20 Å². The SMILES string of the molecule is N#Cc1ncc(I)c(N)n1. The molecule has 50 valence electrons. The summed E-state index contributed by atoms with van der Waals surface area (Å²) >= 11 is 2.00. The Bertz CT molecular complexity index is 290. The third kappa shape index (κ3) is 1.33. The van der Waals surface area contributed by atoms with Crippen molar-refractivity contribution in [2.24, 2.45) is 0 Å². The highest BCUT2D eigenvalue weighted by Gasteiger charge is 1.98. The van der Waals surface area contributed by atoms with Crippen LogP contribution in [-0.2, 0) is 0 Å². The van der Waals surface area contributed by atoms with Gasteiger partial charge in [-0.1, -0.05) is 0 Å². The second kappa shape index (κ2) is 2.79. The zero-order valence-electron chi connectivity index (χ0n) is 4.87. The first-order valence-electron chi connectivity index (χ1n) is 2.42. The second-order valence-corrected chi connectivity index (χ2v) is 2.70. The maximum absolute atomic E-state index is 8.32. The first kappa shape index (κ1) is 7.21. The van der Waals surface area contributed by atoms with Gasteiger partial charge in [0.2, 0.25) is 5.82 Å². The average molecular weight is 246 g/mol. The molecule has 2 N–H and O–H groups in total. The summed E-state index contributed by atoms with van der Waals surface area (Å²) in [6.45, 7) is 0. The molecule has 5 heteroatoms. The summed E-state index contributed by atoms with van der Waals surface area (Å²) in [6, 6.07) is 1.79. The van der Waals surface area contributed by atoms with Gasteiger partial charge in [0.25, 0.3) is 0 Å². The van der Waals surface area contributed by atoms with Gasteiger partial charge in [-0.2, -0.15) is 5.26 Å². The van der Waals surface area contributed by atoms with Gasteiger partial charge < -0.3 is 5.73 Å². The van der Waals surface area contributed by atoms with E-state index in [0.29, 0.717) is 5.82 Å². The molecular formula is C5H3IN4. The monoisotopic (exact) mass is 246 g/mol. The van der Waals surface area contributed by atoms with E-state index < -0.39 is 0 Å². The summed E-state index contributed by atoms with van der Waals surface area (Å²) in [7, 11) is 0. The van der Waals surface area contributed by atoms with Crippen LogP contribution in [0.2, 0.25) is 0 Å². The van der Waals surface area contributed by atoms with Crippen LogP contribution >= 0.6 is 22.6 Å². The number of nitrogens with zero attached hydrogens (tertiary/aromatic N) is 3. The quantitative estimate of drug-likeness (QED) is 0.677. The molecule has 0 bridgehead atoms. The normalized spacial score (nSPS) is 8.80. The topological polar surface area (TPSA) is 75.6 Å². The highest BCUT2D eigenvalue weighted by molar-refractivity contribution is 14.1. The van der Waals surface area contributed by atoms with Gasteiger partial charge in [0.15, 0.2) is 0 Å². The number of nitrogen functional groups attached to an aromatic ring is 1. The molecule has 0 aliphatic heterocycles. The van der Waals surface area contributed by atoms with E-state index in [0.717, 1.165) is 3.57 Å². The van der Waals surface area contributed by atoms with Gasteiger partial charge in [-0.15, -0.1) is 0 Å². The Morgan fingerprint density at radius 2 is 2.40 bits per heavy atom. The van der Waals surface area contributed by atoms with Crippen molar-refractivity contribution >= 4 is 28.4 Å². The van der Waals surface area contributed by atoms with Crippen LogP contribution in [-0.4, -0.2) is 9.97 Å². The first-order chi connectivity index (χ1) is 4.74. The predicted molar refractivity (Wildman–Crippen MR) is 43.9 cm³/mol. The standard InChI is InChI=1S/C5H3IN4/c6-3-2-9-4(1-7)10-5(3)8/h2H,(H2,8,9,10). The summed E-state index contributed by atoms with van der Waals surface area (Å²) in [5.74, 6) is 0.463. The maximum atomic E-state index is 8.32. The molecule has 0 atom stereocenters. The van der Waals surface area contributed by atoms with Crippen LogP contribution in [0.1, 0.15) is 5.82 Å². The van der Waals surface area contributed by atoms with Gasteiger partial charge in [0, 0.05) is 6.20 Å². The molecule has 0 saturated heterocycles. The van der Waals surface area contributed by atoms with E-state index in [1.54, 1.807) is 6.07 Å². The van der Waals surface area contributed by atoms with Gasteiger partial charge in [-0.25, -0.2) is 9.97 Å². The van der Waals surface area contributed by atoms with Gasteiger partial charge in [0.1, 0.15) is 11.9 Å². The van der Waals surface area contributed by atoms with E-state index >= 15 is 0 Å². The third-order valence-corrected chi connectivity index (χ3v) is 1.70. The number of halogens is 1. The third-order valence-electron chi connectivity index (χ3n) is 0.871. The number of hydrogen-bond donors (Lipinski definition) is 1. The number of nitriles is 1. The van der Waals surface area contributed by atoms with Gasteiger partial charge in [0.05, 0.1) is 3.57 Å². The van der Waals surface area contributed by atoms with E-state index in [1.807, 2.05) is 22.6 Å². The molecule has 0 amide bonds. The average Bonchev–Trinajstić information content (AvgIpc) is 1.95. The lowest BCUT2D eigenvalue weighted by Crippen LogP contribution is -1.97. The highest BCUT2D eigenvalue weighted by atomic mass is 127. The number of nitrogens with two attached hydrogens (primary N) is 1. The fraction of sp³-hybridized carbons (Fsp3) is 0. The molecule has 1 heterocycles. The van der Waals surface area contributed by atoms with E-state index in [2.05, 4.69) is 9.97 Å². The molecule has 1 aromatic heterocycles. The fourth-order valence-corrected chi connectivity index (χ4v) is 0.694. The number of hydrogen-bond acceptors (Lipinski definition) is 4. The van der Waals surface area contributed by atoms with Crippen molar-refractivity contribution < 1.29 is 0 Å². The van der Waals surface area contributed by atoms with Gasteiger partial charge >= 0.3 is 0 Å².